The molecule has 1 spiro atoms. The van der Waals surface area contributed by atoms with Gasteiger partial charge in [0.1, 0.15) is 17.9 Å². The van der Waals surface area contributed by atoms with Gasteiger partial charge in [-0.1, -0.05) is 0 Å². The fourth-order valence-electron chi connectivity index (χ4n) is 4.52. The van der Waals surface area contributed by atoms with Crippen LogP contribution in [-0.2, 0) is 0 Å². The minimum atomic E-state index is -1.31. The highest BCUT2D eigenvalue weighted by molar-refractivity contribution is 5.97. The summed E-state index contributed by atoms with van der Waals surface area (Å²) in [6.07, 6.45) is 3.24. The molecule has 0 unspecified atom stereocenters. The fraction of sp³-hybridized carbons (Fsp3) is 0.500. The van der Waals surface area contributed by atoms with E-state index >= 15 is 4.39 Å². The van der Waals surface area contributed by atoms with E-state index in [9.17, 15) is 14.7 Å². The summed E-state index contributed by atoms with van der Waals surface area (Å²) in [5, 5.41) is 13.3. The number of halogens is 1. The van der Waals surface area contributed by atoms with Crippen LogP contribution in [0.25, 0.3) is 10.9 Å². The van der Waals surface area contributed by atoms with Gasteiger partial charge in [0.15, 0.2) is 11.6 Å². The molecule has 8 heteroatoms. The number of carbonyl (C=O) groups is 1. The Bertz CT molecular complexity index is 1060. The molecule has 2 aromatic rings. The van der Waals surface area contributed by atoms with Crippen molar-refractivity contribution in [3.8, 4) is 5.75 Å². The van der Waals surface area contributed by atoms with Crippen molar-refractivity contribution >= 4 is 22.6 Å². The number of aromatic nitrogens is 1. The molecule has 1 saturated heterocycles. The van der Waals surface area contributed by atoms with Crippen LogP contribution in [0.15, 0.2) is 16.9 Å². The molecule has 148 valence electrons. The first-order chi connectivity index (χ1) is 13.4. The molecule has 0 bridgehead atoms. The molecule has 3 aliphatic rings. The number of nitrogens with one attached hydrogen (secondary N) is 1. The second-order valence-electron chi connectivity index (χ2n) is 8.12. The summed E-state index contributed by atoms with van der Waals surface area (Å²) in [5.74, 6) is -1.42. The summed E-state index contributed by atoms with van der Waals surface area (Å²) in [7, 11) is 0. The lowest BCUT2D eigenvalue weighted by atomic mass is 10.1. The molecule has 2 N–H and O–H groups in total. The zero-order valence-corrected chi connectivity index (χ0v) is 15.6. The first kappa shape index (κ1) is 17.5. The number of pyridine rings is 1. The van der Waals surface area contributed by atoms with E-state index < -0.39 is 17.3 Å². The topological polar surface area (TPSA) is 83.8 Å². The Morgan fingerprint density at radius 2 is 2.11 bits per heavy atom. The van der Waals surface area contributed by atoms with E-state index in [1.54, 1.807) is 6.92 Å². The van der Waals surface area contributed by atoms with Gasteiger partial charge in [-0.25, -0.2) is 9.18 Å². The highest BCUT2D eigenvalue weighted by Crippen LogP contribution is 2.44. The number of hydrogen-bond donors (Lipinski definition) is 2. The number of benzene rings is 1. The van der Waals surface area contributed by atoms with Crippen molar-refractivity contribution < 1.29 is 19.0 Å². The van der Waals surface area contributed by atoms with Gasteiger partial charge in [-0.2, -0.15) is 0 Å². The van der Waals surface area contributed by atoms with Gasteiger partial charge in [0.2, 0.25) is 0 Å². The van der Waals surface area contributed by atoms with Crippen molar-refractivity contribution in [1.29, 1.82) is 0 Å². The Morgan fingerprint density at radius 3 is 2.82 bits per heavy atom. The minimum absolute atomic E-state index is 0.192. The van der Waals surface area contributed by atoms with Gasteiger partial charge in [0.05, 0.1) is 11.6 Å². The quantitative estimate of drug-likeness (QED) is 0.821. The first-order valence-electron chi connectivity index (χ1n) is 9.68. The summed E-state index contributed by atoms with van der Waals surface area (Å²) in [4.78, 5) is 26.3. The van der Waals surface area contributed by atoms with Crippen LogP contribution in [0.4, 0.5) is 10.1 Å². The number of aromatic carboxylic acids is 1. The van der Waals surface area contributed by atoms with Crippen LogP contribution in [-0.4, -0.2) is 47.4 Å². The van der Waals surface area contributed by atoms with Gasteiger partial charge in [0.25, 0.3) is 5.56 Å². The largest absolute Gasteiger partial charge is 0.487 e. The molecular weight excluding hydrogens is 365 g/mol. The van der Waals surface area contributed by atoms with E-state index in [0.717, 1.165) is 25.8 Å². The molecule has 3 heterocycles. The molecule has 7 nitrogen and oxygen atoms in total. The van der Waals surface area contributed by atoms with Gasteiger partial charge >= 0.3 is 5.97 Å². The van der Waals surface area contributed by atoms with E-state index in [2.05, 4.69) is 5.32 Å². The monoisotopic (exact) mass is 387 g/mol. The predicted molar refractivity (Wildman–Crippen MR) is 102 cm³/mol. The zero-order chi connectivity index (χ0) is 19.6. The van der Waals surface area contributed by atoms with Crippen LogP contribution in [0.1, 0.15) is 42.6 Å². The van der Waals surface area contributed by atoms with E-state index in [0.29, 0.717) is 35.4 Å². The van der Waals surface area contributed by atoms with Crippen LogP contribution >= 0.6 is 0 Å². The molecule has 28 heavy (non-hydrogen) atoms. The summed E-state index contributed by atoms with van der Waals surface area (Å²) in [6.45, 7) is 4.10. The summed E-state index contributed by atoms with van der Waals surface area (Å²) in [5.41, 5.74) is 0.115. The number of anilines is 1. The Balaban J connectivity index is 1.72. The summed E-state index contributed by atoms with van der Waals surface area (Å²) < 4.78 is 22.6. The van der Waals surface area contributed by atoms with Crippen molar-refractivity contribution in [3.05, 3.63) is 33.9 Å². The molecule has 2 fully saturated rings. The highest BCUT2D eigenvalue weighted by Gasteiger charge is 2.43. The SMILES string of the molecule is C[C@H]1COc2c(N3CCNC4(CC3)CC4)c(F)cc3cc(C(=O)O)c(=O)n1c23. The van der Waals surface area contributed by atoms with Crippen LogP contribution in [0.5, 0.6) is 5.75 Å². The second-order valence-corrected chi connectivity index (χ2v) is 8.12. The van der Waals surface area contributed by atoms with Crippen LogP contribution in [0.3, 0.4) is 0 Å². The average Bonchev–Trinajstić information content (AvgIpc) is 3.45. The molecule has 0 radical (unpaired) electrons. The fourth-order valence-corrected chi connectivity index (χ4v) is 4.52. The number of nitrogens with zero attached hydrogens (tertiary/aromatic N) is 2. The Morgan fingerprint density at radius 1 is 1.32 bits per heavy atom. The van der Waals surface area contributed by atoms with Crippen molar-refractivity contribution in [1.82, 2.24) is 9.88 Å². The van der Waals surface area contributed by atoms with Crippen molar-refractivity contribution in [2.24, 2.45) is 0 Å². The smallest absolute Gasteiger partial charge is 0.341 e. The normalized spacial score (nSPS) is 22.8. The van der Waals surface area contributed by atoms with Gasteiger partial charge in [0, 0.05) is 30.6 Å². The Kier molecular flexibility index (Phi) is 3.71. The van der Waals surface area contributed by atoms with Gasteiger partial charge in [-0.05, 0) is 38.3 Å². The molecule has 1 aliphatic carbocycles. The average molecular weight is 387 g/mol. The zero-order valence-electron chi connectivity index (χ0n) is 15.6. The van der Waals surface area contributed by atoms with E-state index in [1.165, 1.54) is 16.7 Å². The van der Waals surface area contributed by atoms with E-state index in [-0.39, 0.29) is 23.8 Å². The van der Waals surface area contributed by atoms with Crippen molar-refractivity contribution in [3.63, 3.8) is 0 Å². The Hall–Kier alpha value is -2.61. The number of carboxylic acids is 1. The number of rotatable bonds is 2. The lowest BCUT2D eigenvalue weighted by Gasteiger charge is -2.32. The maximum atomic E-state index is 15.2. The van der Waals surface area contributed by atoms with E-state index in [1.807, 2.05) is 4.90 Å². The lowest BCUT2D eigenvalue weighted by molar-refractivity contribution is 0.0694. The van der Waals surface area contributed by atoms with Crippen LogP contribution < -0.4 is 20.5 Å². The number of hydrogen-bond acceptors (Lipinski definition) is 5. The van der Waals surface area contributed by atoms with Gasteiger partial charge in [-0.3, -0.25) is 9.36 Å². The maximum absolute atomic E-state index is 15.2. The molecule has 1 aromatic heterocycles. The molecule has 5 rings (SSSR count). The van der Waals surface area contributed by atoms with Crippen LogP contribution in [0.2, 0.25) is 0 Å². The lowest BCUT2D eigenvalue weighted by Crippen LogP contribution is -2.35. The van der Waals surface area contributed by atoms with Gasteiger partial charge < -0.3 is 20.1 Å². The summed E-state index contributed by atoms with van der Waals surface area (Å²) >= 11 is 0. The summed E-state index contributed by atoms with van der Waals surface area (Å²) in [6, 6.07) is 2.24. The minimum Gasteiger partial charge on any atom is -0.487 e. The maximum Gasteiger partial charge on any atom is 0.341 e. The third-order valence-electron chi connectivity index (χ3n) is 6.25. The predicted octanol–water partition coefficient (Wildman–Crippen LogP) is 2.12. The third kappa shape index (κ3) is 2.51. The molecular formula is C20H22FN3O4. The Labute approximate surface area is 160 Å². The highest BCUT2D eigenvalue weighted by atomic mass is 19.1. The molecule has 2 aliphatic heterocycles. The van der Waals surface area contributed by atoms with Crippen molar-refractivity contribution in [2.75, 3.05) is 31.1 Å². The second kappa shape index (κ2) is 5.94. The van der Waals surface area contributed by atoms with Crippen LogP contribution in [0, 0.1) is 5.82 Å². The van der Waals surface area contributed by atoms with Gasteiger partial charge in [-0.15, -0.1) is 0 Å². The molecule has 1 aromatic carbocycles. The third-order valence-corrected chi connectivity index (χ3v) is 6.25. The standard InChI is InChI=1S/C20H22FN3O4/c1-11-10-28-17-15-12(8-13(19(26)27)18(25)24(11)15)9-14(21)16(17)23-6-4-20(2-3-20)22-5-7-23/h8-9,11,22H,2-7,10H2,1H3,(H,26,27)/t11-/m0/s1. The molecule has 1 saturated carbocycles. The first-order valence-corrected chi connectivity index (χ1v) is 9.68. The van der Waals surface area contributed by atoms with E-state index in [4.69, 9.17) is 4.74 Å². The van der Waals surface area contributed by atoms with Crippen molar-refractivity contribution in [2.45, 2.75) is 37.8 Å². The molecule has 1 atom stereocenters. The number of ether oxygens (including phenoxy) is 1. The molecule has 0 amide bonds. The number of carboxylic acid groups (broad SMARTS) is 1.